The van der Waals surface area contributed by atoms with Crippen molar-refractivity contribution in [1.29, 1.82) is 0 Å². The highest BCUT2D eigenvalue weighted by atomic mass is 16.5. The number of hydrogen-bond donors (Lipinski definition) is 2. The van der Waals surface area contributed by atoms with Crippen LogP contribution < -0.4 is 11.1 Å². The Morgan fingerprint density at radius 2 is 0.974 bits per heavy atom. The van der Waals surface area contributed by atoms with Crippen LogP contribution >= 0.6 is 0 Å². The van der Waals surface area contributed by atoms with E-state index < -0.39 is 6.04 Å². The molecule has 0 aliphatic carbocycles. The van der Waals surface area contributed by atoms with Crippen LogP contribution in [0.4, 0.5) is 0 Å². The van der Waals surface area contributed by atoms with Crippen molar-refractivity contribution in [3.05, 3.63) is 0 Å². The Hall–Kier alpha value is -1.10. The zero-order valence-corrected chi connectivity index (χ0v) is 26.4. The number of carbonyl (C=O) groups is 2. The van der Waals surface area contributed by atoms with Gasteiger partial charge in [-0.2, -0.15) is 0 Å². The van der Waals surface area contributed by atoms with Gasteiger partial charge in [0.25, 0.3) is 0 Å². The molecule has 232 valence electrons. The average molecular weight is 553 g/mol. The summed E-state index contributed by atoms with van der Waals surface area (Å²) in [5, 5.41) is 3.01. The Labute approximate surface area is 243 Å². The first kappa shape index (κ1) is 37.9. The van der Waals surface area contributed by atoms with Gasteiger partial charge in [-0.25, -0.2) is 0 Å². The van der Waals surface area contributed by atoms with Crippen LogP contribution in [-0.4, -0.2) is 31.1 Å². The molecule has 0 aromatic rings. The zero-order chi connectivity index (χ0) is 28.7. The summed E-state index contributed by atoms with van der Waals surface area (Å²) in [5.74, 6) is -0.131. The van der Waals surface area contributed by atoms with Crippen LogP contribution in [0, 0.1) is 0 Å². The lowest BCUT2D eigenvalue weighted by Crippen LogP contribution is -2.32. The molecule has 5 nitrogen and oxygen atoms in total. The normalized spacial score (nSPS) is 12.0. The van der Waals surface area contributed by atoms with Crippen LogP contribution in [0.25, 0.3) is 0 Å². The molecule has 3 N–H and O–H groups in total. The van der Waals surface area contributed by atoms with Crippen molar-refractivity contribution in [2.75, 3.05) is 13.2 Å². The molecule has 0 aromatic heterocycles. The number of hydrogen-bond acceptors (Lipinski definition) is 4. The quantitative estimate of drug-likeness (QED) is 0.0662. The van der Waals surface area contributed by atoms with Crippen molar-refractivity contribution in [1.82, 2.24) is 5.32 Å². The summed E-state index contributed by atoms with van der Waals surface area (Å²) < 4.78 is 5.33. The van der Waals surface area contributed by atoms with Gasteiger partial charge in [0.15, 0.2) is 0 Å². The fourth-order valence-electron chi connectivity index (χ4n) is 5.10. The molecule has 0 bridgehead atoms. The molecule has 0 heterocycles. The number of rotatable bonds is 31. The van der Waals surface area contributed by atoms with Gasteiger partial charge in [-0.3, -0.25) is 9.59 Å². The van der Waals surface area contributed by atoms with Crippen molar-refractivity contribution in [3.63, 3.8) is 0 Å². The molecule has 0 saturated carbocycles. The average Bonchev–Trinajstić information content (AvgIpc) is 2.93. The maximum Gasteiger partial charge on any atom is 0.322 e. The molecule has 0 fully saturated rings. The first-order valence-corrected chi connectivity index (χ1v) is 17.3. The van der Waals surface area contributed by atoms with E-state index in [0.717, 1.165) is 38.5 Å². The molecule has 0 aromatic carbocycles. The highest BCUT2D eigenvalue weighted by molar-refractivity contribution is 5.76. The lowest BCUT2D eigenvalue weighted by Gasteiger charge is -2.12. The third-order valence-electron chi connectivity index (χ3n) is 7.82. The SMILES string of the molecule is CCCCCCCCCCCCCCCCCC(=O)NCCCC[C@H](N)C(=O)OCCCCCCCCCC. The third-order valence-corrected chi connectivity index (χ3v) is 7.82. The number of unbranched alkanes of at least 4 members (excludes halogenated alkanes) is 22. The summed E-state index contributed by atoms with van der Waals surface area (Å²) in [6, 6.07) is -0.546. The number of amides is 1. The Balaban J connectivity index is 3.37. The summed E-state index contributed by atoms with van der Waals surface area (Å²) in [6.45, 7) is 5.66. The van der Waals surface area contributed by atoms with E-state index in [1.54, 1.807) is 0 Å². The fourth-order valence-corrected chi connectivity index (χ4v) is 5.10. The van der Waals surface area contributed by atoms with E-state index in [2.05, 4.69) is 19.2 Å². The van der Waals surface area contributed by atoms with Gasteiger partial charge >= 0.3 is 5.97 Å². The number of nitrogens with one attached hydrogen (secondary N) is 1. The van der Waals surface area contributed by atoms with Crippen LogP contribution in [0.2, 0.25) is 0 Å². The molecule has 39 heavy (non-hydrogen) atoms. The lowest BCUT2D eigenvalue weighted by atomic mass is 10.0. The van der Waals surface area contributed by atoms with E-state index in [0.29, 0.717) is 26.0 Å². The summed E-state index contributed by atoms with van der Waals surface area (Å²) in [5.41, 5.74) is 5.98. The van der Waals surface area contributed by atoms with Gasteiger partial charge in [0.05, 0.1) is 6.61 Å². The van der Waals surface area contributed by atoms with Gasteiger partial charge in [0.2, 0.25) is 5.91 Å². The van der Waals surface area contributed by atoms with Gasteiger partial charge in [0, 0.05) is 13.0 Å². The maximum atomic E-state index is 12.0. The number of esters is 1. The Morgan fingerprint density at radius 1 is 0.564 bits per heavy atom. The summed E-state index contributed by atoms with van der Waals surface area (Å²) in [6.07, 6.45) is 32.8. The fraction of sp³-hybridized carbons (Fsp3) is 0.941. The highest BCUT2D eigenvalue weighted by Gasteiger charge is 2.14. The van der Waals surface area contributed by atoms with Crippen LogP contribution in [0.15, 0.2) is 0 Å². The number of carbonyl (C=O) groups excluding carboxylic acids is 2. The van der Waals surface area contributed by atoms with E-state index >= 15 is 0 Å². The molecule has 0 aliphatic heterocycles. The molecular formula is C34H68N2O3. The van der Waals surface area contributed by atoms with Crippen molar-refractivity contribution >= 4 is 11.9 Å². The predicted molar refractivity (Wildman–Crippen MR) is 168 cm³/mol. The molecular weight excluding hydrogens is 484 g/mol. The monoisotopic (exact) mass is 553 g/mol. The van der Waals surface area contributed by atoms with Crippen LogP contribution in [0.5, 0.6) is 0 Å². The summed E-state index contributed by atoms with van der Waals surface area (Å²) in [7, 11) is 0. The topological polar surface area (TPSA) is 81.4 Å². The van der Waals surface area contributed by atoms with Crippen molar-refractivity contribution < 1.29 is 14.3 Å². The molecule has 0 aliphatic rings. The van der Waals surface area contributed by atoms with Gasteiger partial charge in [-0.05, 0) is 32.1 Å². The molecule has 0 saturated heterocycles. The van der Waals surface area contributed by atoms with Gasteiger partial charge in [-0.15, -0.1) is 0 Å². The maximum absolute atomic E-state index is 12.0. The molecule has 0 rings (SSSR count). The van der Waals surface area contributed by atoms with Crippen molar-refractivity contribution in [3.8, 4) is 0 Å². The Bertz CT molecular complexity index is 527. The minimum Gasteiger partial charge on any atom is -0.465 e. The van der Waals surface area contributed by atoms with Gasteiger partial charge in [-0.1, -0.05) is 149 Å². The van der Waals surface area contributed by atoms with Crippen molar-refractivity contribution in [2.24, 2.45) is 5.73 Å². The standard InChI is InChI=1S/C34H68N2O3/c1-3-5-7-9-11-13-14-15-16-17-18-19-20-22-24-29-33(37)36-30-26-25-28-32(35)34(38)39-31-27-23-21-12-10-8-6-4-2/h32H,3-31,35H2,1-2H3,(H,36,37)/t32-/m0/s1. The van der Waals surface area contributed by atoms with E-state index in [1.165, 1.54) is 122 Å². The second kappa shape index (κ2) is 31.4. The minimum atomic E-state index is -0.546. The highest BCUT2D eigenvalue weighted by Crippen LogP contribution is 2.14. The molecule has 1 atom stereocenters. The number of nitrogens with two attached hydrogens (primary N) is 1. The van der Waals surface area contributed by atoms with E-state index in [9.17, 15) is 9.59 Å². The molecule has 1 amide bonds. The van der Waals surface area contributed by atoms with Gasteiger partial charge < -0.3 is 15.8 Å². The minimum absolute atomic E-state index is 0.152. The molecule has 5 heteroatoms. The van der Waals surface area contributed by atoms with Crippen LogP contribution in [0.3, 0.4) is 0 Å². The summed E-state index contributed by atoms with van der Waals surface area (Å²) in [4.78, 5) is 24.1. The summed E-state index contributed by atoms with van der Waals surface area (Å²) >= 11 is 0. The van der Waals surface area contributed by atoms with E-state index in [-0.39, 0.29) is 11.9 Å². The predicted octanol–water partition coefficient (Wildman–Crippen LogP) is 9.55. The van der Waals surface area contributed by atoms with Crippen molar-refractivity contribution in [2.45, 2.75) is 193 Å². The largest absolute Gasteiger partial charge is 0.465 e. The zero-order valence-electron chi connectivity index (χ0n) is 26.4. The van der Waals surface area contributed by atoms with E-state index in [1.807, 2.05) is 0 Å². The van der Waals surface area contributed by atoms with E-state index in [4.69, 9.17) is 10.5 Å². The molecule has 0 radical (unpaired) electrons. The van der Waals surface area contributed by atoms with Gasteiger partial charge in [0.1, 0.15) is 6.04 Å². The van der Waals surface area contributed by atoms with Crippen LogP contribution in [-0.2, 0) is 14.3 Å². The Morgan fingerprint density at radius 3 is 1.44 bits per heavy atom. The molecule has 0 unspecified atom stereocenters. The first-order valence-electron chi connectivity index (χ1n) is 17.3. The molecule has 0 spiro atoms. The third kappa shape index (κ3) is 29.7. The second-order valence-electron chi connectivity index (χ2n) is 11.8. The smallest absolute Gasteiger partial charge is 0.322 e. The number of ether oxygens (including phenoxy) is 1. The Kier molecular flexibility index (Phi) is 30.5. The van der Waals surface area contributed by atoms with Crippen LogP contribution in [0.1, 0.15) is 187 Å². The first-order chi connectivity index (χ1) is 19.1. The second-order valence-corrected chi connectivity index (χ2v) is 11.8. The lowest BCUT2D eigenvalue weighted by molar-refractivity contribution is -0.145.